The van der Waals surface area contributed by atoms with Crippen LogP contribution in [0.5, 0.6) is 0 Å². The highest BCUT2D eigenvalue weighted by Crippen LogP contribution is 2.28. The van der Waals surface area contributed by atoms with Gasteiger partial charge in [-0.3, -0.25) is 9.48 Å². The number of nitrogen functional groups attached to an aromatic ring is 1. The Labute approximate surface area is 109 Å². The molecule has 1 fully saturated rings. The molecule has 0 amide bonds. The Morgan fingerprint density at radius 3 is 2.44 bits per heavy atom. The van der Waals surface area contributed by atoms with Gasteiger partial charge in [-0.1, -0.05) is 33.1 Å². The van der Waals surface area contributed by atoms with E-state index >= 15 is 0 Å². The van der Waals surface area contributed by atoms with Crippen LogP contribution in [-0.2, 0) is 13.0 Å². The first kappa shape index (κ1) is 13.2. The topological polar surface area (TPSA) is 52.9 Å². The maximum absolute atomic E-state index is 12.4. The second-order valence-corrected chi connectivity index (χ2v) is 5.28. The van der Waals surface area contributed by atoms with E-state index in [0.717, 1.165) is 37.9 Å². The summed E-state index contributed by atoms with van der Waals surface area (Å²) < 4.78 is 4.10. The molecule has 1 aliphatic rings. The van der Waals surface area contributed by atoms with Gasteiger partial charge < -0.3 is 5.73 Å². The molecule has 1 heterocycles. The van der Waals surface area contributed by atoms with Crippen LogP contribution in [-0.4, -0.2) is 9.36 Å². The van der Waals surface area contributed by atoms with Crippen LogP contribution in [0.2, 0.25) is 0 Å². The van der Waals surface area contributed by atoms with E-state index in [-0.39, 0.29) is 5.56 Å². The normalized spacial score (nSPS) is 17.2. The minimum Gasteiger partial charge on any atom is -0.393 e. The van der Waals surface area contributed by atoms with Gasteiger partial charge in [-0.25, -0.2) is 4.68 Å². The third-order valence-corrected chi connectivity index (χ3v) is 4.01. The van der Waals surface area contributed by atoms with Crippen molar-refractivity contribution in [3.63, 3.8) is 0 Å². The predicted molar refractivity (Wildman–Crippen MR) is 74.9 cm³/mol. The highest BCUT2D eigenvalue weighted by molar-refractivity contribution is 5.41. The van der Waals surface area contributed by atoms with Gasteiger partial charge >= 0.3 is 0 Å². The van der Waals surface area contributed by atoms with Crippen molar-refractivity contribution in [3.8, 4) is 0 Å². The number of aromatic nitrogens is 2. The summed E-state index contributed by atoms with van der Waals surface area (Å²) in [6, 6.07) is 0.361. The molecule has 0 saturated heterocycles. The smallest absolute Gasteiger partial charge is 0.290 e. The molecule has 2 rings (SSSR count). The Morgan fingerprint density at radius 2 is 1.89 bits per heavy atom. The molecule has 1 aromatic heterocycles. The van der Waals surface area contributed by atoms with Crippen molar-refractivity contribution >= 4 is 5.69 Å². The molecule has 102 valence electrons. The summed E-state index contributed by atoms with van der Waals surface area (Å²) in [7, 11) is 0. The van der Waals surface area contributed by atoms with Gasteiger partial charge in [0.15, 0.2) is 0 Å². The van der Waals surface area contributed by atoms with Crippen LogP contribution in [0.3, 0.4) is 0 Å². The third-order valence-electron chi connectivity index (χ3n) is 4.01. The van der Waals surface area contributed by atoms with Crippen LogP contribution in [0.1, 0.15) is 64.1 Å². The quantitative estimate of drug-likeness (QED) is 0.894. The molecule has 0 atom stereocenters. The first-order chi connectivity index (χ1) is 8.70. The Hall–Kier alpha value is -1.19. The largest absolute Gasteiger partial charge is 0.393 e. The number of hydrogen-bond donors (Lipinski definition) is 1. The number of nitrogens with two attached hydrogens (primary N) is 1. The summed E-state index contributed by atoms with van der Waals surface area (Å²) in [5.74, 6) is 0. The maximum atomic E-state index is 12.4. The Kier molecular flexibility index (Phi) is 4.15. The first-order valence-corrected chi connectivity index (χ1v) is 7.30. The van der Waals surface area contributed by atoms with Gasteiger partial charge in [0, 0.05) is 6.54 Å². The average molecular weight is 251 g/mol. The van der Waals surface area contributed by atoms with Gasteiger partial charge in [-0.05, 0) is 25.7 Å². The van der Waals surface area contributed by atoms with Crippen LogP contribution in [0.25, 0.3) is 0 Å². The monoisotopic (exact) mass is 251 g/mol. The highest BCUT2D eigenvalue weighted by Gasteiger charge is 2.23. The minimum atomic E-state index is 0.0344. The molecule has 0 aliphatic heterocycles. The molecule has 1 saturated carbocycles. The standard InChI is InChI=1S/C14H25N3O/c1-3-10-16-12(4-2)13(15)14(18)17(16)11-8-6-5-7-9-11/h11H,3-10,15H2,1-2H3. The van der Waals surface area contributed by atoms with Crippen molar-refractivity contribution < 1.29 is 0 Å². The SMILES string of the molecule is CCCn1c(CC)c(N)c(=O)n1C1CCCCC1. The lowest BCUT2D eigenvalue weighted by molar-refractivity contribution is 0.277. The van der Waals surface area contributed by atoms with Crippen LogP contribution in [0, 0.1) is 0 Å². The lowest BCUT2D eigenvalue weighted by atomic mass is 9.96. The fraction of sp³-hybridized carbons (Fsp3) is 0.786. The predicted octanol–water partition coefficient (Wildman–Crippen LogP) is 2.71. The van der Waals surface area contributed by atoms with Gasteiger partial charge in [-0.2, -0.15) is 0 Å². The Balaban J connectivity index is 2.46. The summed E-state index contributed by atoms with van der Waals surface area (Å²) in [4.78, 5) is 12.4. The van der Waals surface area contributed by atoms with Crippen LogP contribution < -0.4 is 11.3 Å². The average Bonchev–Trinajstić information content (AvgIpc) is 2.63. The number of hydrogen-bond acceptors (Lipinski definition) is 2. The van der Waals surface area contributed by atoms with Crippen LogP contribution >= 0.6 is 0 Å². The van der Waals surface area contributed by atoms with E-state index in [0.29, 0.717) is 11.7 Å². The van der Waals surface area contributed by atoms with Gasteiger partial charge in [0.1, 0.15) is 5.69 Å². The second kappa shape index (κ2) is 5.63. The van der Waals surface area contributed by atoms with Gasteiger partial charge in [0.05, 0.1) is 11.7 Å². The molecule has 0 unspecified atom stereocenters. The van der Waals surface area contributed by atoms with Crippen molar-refractivity contribution in [3.05, 3.63) is 16.0 Å². The number of rotatable bonds is 4. The van der Waals surface area contributed by atoms with E-state index < -0.39 is 0 Å². The molecule has 1 aromatic rings. The zero-order valence-electron chi connectivity index (χ0n) is 11.6. The van der Waals surface area contributed by atoms with E-state index in [1.165, 1.54) is 19.3 Å². The van der Waals surface area contributed by atoms with Gasteiger partial charge in [-0.15, -0.1) is 0 Å². The molecule has 0 spiro atoms. The summed E-state index contributed by atoms with van der Waals surface area (Å²) >= 11 is 0. The Bertz CT molecular complexity index is 452. The zero-order valence-corrected chi connectivity index (χ0v) is 11.6. The highest BCUT2D eigenvalue weighted by atomic mass is 16.1. The molecule has 18 heavy (non-hydrogen) atoms. The zero-order chi connectivity index (χ0) is 13.1. The lowest BCUT2D eigenvalue weighted by Gasteiger charge is -2.26. The fourth-order valence-electron chi connectivity index (χ4n) is 3.14. The summed E-state index contributed by atoms with van der Waals surface area (Å²) in [6.07, 6.45) is 7.88. The summed E-state index contributed by atoms with van der Waals surface area (Å²) in [6.45, 7) is 5.11. The minimum absolute atomic E-state index is 0.0344. The van der Waals surface area contributed by atoms with E-state index in [1.807, 2.05) is 4.68 Å². The van der Waals surface area contributed by atoms with E-state index in [4.69, 9.17) is 5.73 Å². The fourth-order valence-corrected chi connectivity index (χ4v) is 3.14. The van der Waals surface area contributed by atoms with E-state index in [1.54, 1.807) is 0 Å². The van der Waals surface area contributed by atoms with Crippen LogP contribution in [0.15, 0.2) is 4.79 Å². The molecule has 2 N–H and O–H groups in total. The molecule has 4 heteroatoms. The van der Waals surface area contributed by atoms with E-state index in [9.17, 15) is 4.79 Å². The lowest BCUT2D eigenvalue weighted by Crippen LogP contribution is -2.30. The van der Waals surface area contributed by atoms with E-state index in [2.05, 4.69) is 18.5 Å². The van der Waals surface area contributed by atoms with Crippen molar-refractivity contribution in [1.29, 1.82) is 0 Å². The third kappa shape index (κ3) is 2.20. The van der Waals surface area contributed by atoms with Crippen molar-refractivity contribution in [2.75, 3.05) is 5.73 Å². The number of anilines is 1. The molecular weight excluding hydrogens is 226 g/mol. The summed E-state index contributed by atoms with van der Waals surface area (Å²) in [5, 5.41) is 0. The molecule has 0 radical (unpaired) electrons. The van der Waals surface area contributed by atoms with Crippen molar-refractivity contribution in [2.45, 2.75) is 71.4 Å². The molecule has 0 aromatic carbocycles. The molecule has 4 nitrogen and oxygen atoms in total. The maximum Gasteiger partial charge on any atom is 0.290 e. The van der Waals surface area contributed by atoms with Crippen molar-refractivity contribution in [1.82, 2.24) is 9.36 Å². The van der Waals surface area contributed by atoms with Gasteiger partial charge in [0.25, 0.3) is 5.56 Å². The molecule has 1 aliphatic carbocycles. The number of nitrogens with zero attached hydrogens (tertiary/aromatic N) is 2. The Morgan fingerprint density at radius 1 is 1.22 bits per heavy atom. The van der Waals surface area contributed by atoms with Gasteiger partial charge in [0.2, 0.25) is 0 Å². The molecular formula is C14H25N3O. The molecule has 0 bridgehead atoms. The van der Waals surface area contributed by atoms with Crippen LogP contribution in [0.4, 0.5) is 5.69 Å². The van der Waals surface area contributed by atoms with Crippen molar-refractivity contribution in [2.24, 2.45) is 0 Å². The second-order valence-electron chi connectivity index (χ2n) is 5.28. The first-order valence-electron chi connectivity index (χ1n) is 7.30. The summed E-state index contributed by atoms with van der Waals surface area (Å²) in [5.41, 5.74) is 7.52.